The van der Waals surface area contributed by atoms with E-state index in [0.717, 1.165) is 6.42 Å². The van der Waals surface area contributed by atoms with Crippen LogP contribution in [-0.2, 0) is 14.3 Å². The first-order valence-electron chi connectivity index (χ1n) is 6.17. The number of carbonyl (C=O) groups is 2. The van der Waals surface area contributed by atoms with E-state index in [2.05, 4.69) is 0 Å². The Kier molecular flexibility index (Phi) is 3.66. The van der Waals surface area contributed by atoms with E-state index in [1.165, 1.54) is 0 Å². The summed E-state index contributed by atoms with van der Waals surface area (Å²) in [5, 5.41) is 8.92. The highest BCUT2D eigenvalue weighted by molar-refractivity contribution is 5.81. The number of ether oxygens (including phenoxy) is 1. The van der Waals surface area contributed by atoms with Gasteiger partial charge in [0.1, 0.15) is 0 Å². The lowest BCUT2D eigenvalue weighted by Gasteiger charge is -2.26. The molecule has 0 aromatic rings. The van der Waals surface area contributed by atoms with E-state index >= 15 is 0 Å². The molecule has 0 spiro atoms. The number of carbonyl (C=O) groups excluding carboxylic acids is 1. The molecule has 0 aromatic carbocycles. The largest absolute Gasteiger partial charge is 0.481 e. The highest BCUT2D eigenvalue weighted by Gasteiger charge is 2.37. The lowest BCUT2D eigenvalue weighted by atomic mass is 10.0. The molecule has 2 rings (SSSR count). The van der Waals surface area contributed by atoms with Crippen LogP contribution in [0, 0.1) is 11.8 Å². The predicted octanol–water partition coefficient (Wildman–Crippen LogP) is 0.735. The lowest BCUT2D eigenvalue weighted by molar-refractivity contribution is -0.141. The quantitative estimate of drug-likeness (QED) is 0.791. The van der Waals surface area contributed by atoms with Crippen LogP contribution in [0.25, 0.3) is 0 Å². The molecule has 1 amide bonds. The molecule has 2 aliphatic rings. The maximum absolute atomic E-state index is 12.2. The minimum absolute atomic E-state index is 0.0873. The van der Waals surface area contributed by atoms with Crippen LogP contribution < -0.4 is 0 Å². The van der Waals surface area contributed by atoms with Crippen LogP contribution in [0.5, 0.6) is 0 Å². The van der Waals surface area contributed by atoms with E-state index in [1.807, 2.05) is 0 Å². The number of carboxylic acid groups (broad SMARTS) is 1. The third-order valence-corrected chi connectivity index (χ3v) is 3.93. The number of hydrogen-bond acceptors (Lipinski definition) is 3. The average Bonchev–Trinajstić information content (AvgIpc) is 2.97. The second-order valence-electron chi connectivity index (χ2n) is 5.01. The number of carboxylic acids is 1. The van der Waals surface area contributed by atoms with Crippen molar-refractivity contribution >= 4 is 11.9 Å². The predicted molar refractivity (Wildman–Crippen MR) is 60.5 cm³/mol. The number of aliphatic carboxylic acids is 1. The van der Waals surface area contributed by atoms with Crippen molar-refractivity contribution in [3.05, 3.63) is 0 Å². The molecule has 0 aromatic heterocycles. The third-order valence-electron chi connectivity index (χ3n) is 3.93. The van der Waals surface area contributed by atoms with Gasteiger partial charge in [0.05, 0.1) is 18.6 Å². The molecule has 17 heavy (non-hydrogen) atoms. The molecule has 1 saturated carbocycles. The number of amides is 1. The standard InChI is InChI=1S/C12H19NO4/c1-13(10-4-5-17-7-10)11(14)8-2-3-9(6-8)12(15)16/h8-10H,2-7H2,1H3,(H,15,16). The van der Waals surface area contributed by atoms with Crippen molar-refractivity contribution in [2.24, 2.45) is 11.8 Å². The molecule has 96 valence electrons. The van der Waals surface area contributed by atoms with Crippen LogP contribution >= 0.6 is 0 Å². The Morgan fingerprint density at radius 2 is 1.94 bits per heavy atom. The Balaban J connectivity index is 1.89. The molecule has 1 saturated heterocycles. The Hall–Kier alpha value is -1.10. The van der Waals surface area contributed by atoms with Crippen molar-refractivity contribution in [3.63, 3.8) is 0 Å². The zero-order valence-electron chi connectivity index (χ0n) is 10.1. The Morgan fingerprint density at radius 3 is 2.47 bits per heavy atom. The fourth-order valence-corrected chi connectivity index (χ4v) is 2.73. The number of hydrogen-bond donors (Lipinski definition) is 1. The Morgan fingerprint density at radius 1 is 1.24 bits per heavy atom. The smallest absolute Gasteiger partial charge is 0.306 e. The van der Waals surface area contributed by atoms with Crippen molar-refractivity contribution in [3.8, 4) is 0 Å². The van der Waals surface area contributed by atoms with E-state index in [9.17, 15) is 9.59 Å². The first-order valence-corrected chi connectivity index (χ1v) is 6.17. The van der Waals surface area contributed by atoms with Crippen molar-refractivity contribution in [1.82, 2.24) is 4.90 Å². The van der Waals surface area contributed by atoms with E-state index < -0.39 is 5.97 Å². The molecule has 3 atom stereocenters. The topological polar surface area (TPSA) is 66.8 Å². The van der Waals surface area contributed by atoms with E-state index in [4.69, 9.17) is 9.84 Å². The van der Waals surface area contributed by atoms with Crippen LogP contribution in [0.15, 0.2) is 0 Å². The van der Waals surface area contributed by atoms with Gasteiger partial charge in [-0.1, -0.05) is 0 Å². The van der Waals surface area contributed by atoms with Gasteiger partial charge in [0, 0.05) is 19.6 Å². The molecule has 5 heteroatoms. The van der Waals surface area contributed by atoms with Crippen LogP contribution in [0.3, 0.4) is 0 Å². The third kappa shape index (κ3) is 2.60. The van der Waals surface area contributed by atoms with Gasteiger partial charge in [0.15, 0.2) is 0 Å². The maximum Gasteiger partial charge on any atom is 0.306 e. The van der Waals surface area contributed by atoms with E-state index in [-0.39, 0.29) is 23.8 Å². The van der Waals surface area contributed by atoms with Crippen LogP contribution in [0.2, 0.25) is 0 Å². The van der Waals surface area contributed by atoms with Crippen molar-refractivity contribution in [2.45, 2.75) is 31.7 Å². The summed E-state index contributed by atoms with van der Waals surface area (Å²) in [6.07, 6.45) is 2.71. The molecule has 3 unspecified atom stereocenters. The molecule has 0 bridgehead atoms. The van der Waals surface area contributed by atoms with Gasteiger partial charge < -0.3 is 14.7 Å². The lowest BCUT2D eigenvalue weighted by Crippen LogP contribution is -2.40. The molecule has 0 radical (unpaired) electrons. The summed E-state index contributed by atoms with van der Waals surface area (Å²) < 4.78 is 5.26. The van der Waals surface area contributed by atoms with Gasteiger partial charge in [0.25, 0.3) is 0 Å². The summed E-state index contributed by atoms with van der Waals surface area (Å²) in [4.78, 5) is 24.8. The SMILES string of the molecule is CN(C(=O)C1CCC(C(=O)O)C1)C1CCOC1. The molecule has 1 aliphatic heterocycles. The minimum atomic E-state index is -0.771. The number of likely N-dealkylation sites (N-methyl/N-ethyl adjacent to an activating group) is 1. The monoisotopic (exact) mass is 241 g/mol. The zero-order chi connectivity index (χ0) is 12.4. The molecule has 2 fully saturated rings. The molecular weight excluding hydrogens is 222 g/mol. The van der Waals surface area contributed by atoms with Crippen LogP contribution in [-0.4, -0.2) is 48.2 Å². The fourth-order valence-electron chi connectivity index (χ4n) is 2.73. The Labute approximate surface area is 101 Å². The highest BCUT2D eigenvalue weighted by Crippen LogP contribution is 2.32. The van der Waals surface area contributed by atoms with Gasteiger partial charge in [-0.2, -0.15) is 0 Å². The second kappa shape index (κ2) is 5.04. The van der Waals surface area contributed by atoms with E-state index in [1.54, 1.807) is 11.9 Å². The van der Waals surface area contributed by atoms with Gasteiger partial charge in [-0.25, -0.2) is 0 Å². The van der Waals surface area contributed by atoms with Gasteiger partial charge in [-0.15, -0.1) is 0 Å². The summed E-state index contributed by atoms with van der Waals surface area (Å²) in [7, 11) is 1.80. The summed E-state index contributed by atoms with van der Waals surface area (Å²) in [6, 6.07) is 0.173. The van der Waals surface area contributed by atoms with Crippen LogP contribution in [0.4, 0.5) is 0 Å². The minimum Gasteiger partial charge on any atom is -0.481 e. The Bertz CT molecular complexity index is 312. The first-order chi connectivity index (χ1) is 8.09. The fraction of sp³-hybridized carbons (Fsp3) is 0.833. The van der Waals surface area contributed by atoms with Crippen molar-refractivity contribution in [2.75, 3.05) is 20.3 Å². The van der Waals surface area contributed by atoms with Gasteiger partial charge in [-0.05, 0) is 25.7 Å². The first kappa shape index (κ1) is 12.4. The highest BCUT2D eigenvalue weighted by atomic mass is 16.5. The van der Waals surface area contributed by atoms with Gasteiger partial charge in [-0.3, -0.25) is 9.59 Å². The van der Waals surface area contributed by atoms with Crippen molar-refractivity contribution in [1.29, 1.82) is 0 Å². The normalized spacial score (nSPS) is 32.6. The summed E-state index contributed by atoms with van der Waals surface area (Å²) in [6.45, 7) is 1.32. The molecule has 1 heterocycles. The summed E-state index contributed by atoms with van der Waals surface area (Å²) in [5.41, 5.74) is 0. The van der Waals surface area contributed by atoms with Gasteiger partial charge >= 0.3 is 5.97 Å². The molecular formula is C12H19NO4. The number of nitrogens with zero attached hydrogens (tertiary/aromatic N) is 1. The van der Waals surface area contributed by atoms with Crippen LogP contribution in [0.1, 0.15) is 25.7 Å². The summed E-state index contributed by atoms with van der Waals surface area (Å²) >= 11 is 0. The van der Waals surface area contributed by atoms with Gasteiger partial charge in [0.2, 0.25) is 5.91 Å². The average molecular weight is 241 g/mol. The maximum atomic E-state index is 12.2. The molecule has 5 nitrogen and oxygen atoms in total. The molecule has 1 N–H and O–H groups in total. The number of rotatable bonds is 3. The molecule has 1 aliphatic carbocycles. The summed E-state index contributed by atoms with van der Waals surface area (Å²) in [5.74, 6) is -1.13. The second-order valence-corrected chi connectivity index (χ2v) is 5.01. The van der Waals surface area contributed by atoms with E-state index in [0.29, 0.717) is 32.5 Å². The zero-order valence-corrected chi connectivity index (χ0v) is 10.1. The van der Waals surface area contributed by atoms with Crippen molar-refractivity contribution < 1.29 is 19.4 Å².